The highest BCUT2D eigenvalue weighted by Gasteiger charge is 2.11. The number of hydrogen-bond acceptors (Lipinski definition) is 1. The number of pyridine rings is 1. The van der Waals surface area contributed by atoms with Crippen molar-refractivity contribution in [3.63, 3.8) is 0 Å². The van der Waals surface area contributed by atoms with Crippen LogP contribution in [0.15, 0.2) is 66.9 Å². The van der Waals surface area contributed by atoms with Crippen molar-refractivity contribution in [2.24, 2.45) is 5.92 Å². The van der Waals surface area contributed by atoms with Crippen LogP contribution in [0.1, 0.15) is 25.0 Å². The van der Waals surface area contributed by atoms with Gasteiger partial charge in [-0.15, -0.1) is 0 Å². The summed E-state index contributed by atoms with van der Waals surface area (Å²) in [6, 6.07) is 21.3. The normalized spacial score (nSPS) is 11.0. The molecule has 3 rings (SSSR count). The first-order chi connectivity index (χ1) is 11.1. The van der Waals surface area contributed by atoms with Gasteiger partial charge >= 0.3 is 0 Å². The van der Waals surface area contributed by atoms with Gasteiger partial charge in [-0.2, -0.15) is 0 Å². The molecule has 23 heavy (non-hydrogen) atoms. The number of benzene rings is 2. The van der Waals surface area contributed by atoms with Gasteiger partial charge in [0.15, 0.2) is 0 Å². The molecule has 0 aliphatic carbocycles. The lowest BCUT2D eigenvalue weighted by Gasteiger charge is -2.15. The molecule has 1 aromatic heterocycles. The van der Waals surface area contributed by atoms with Crippen LogP contribution in [-0.4, -0.2) is 4.98 Å². The van der Waals surface area contributed by atoms with E-state index in [9.17, 15) is 0 Å². The third kappa shape index (κ3) is 3.50. The molecule has 1 heteroatoms. The lowest BCUT2D eigenvalue weighted by molar-refractivity contribution is 0.648. The first-order valence-electron chi connectivity index (χ1n) is 8.25. The summed E-state index contributed by atoms with van der Waals surface area (Å²) in [7, 11) is 0. The smallest absolute Gasteiger partial charge is 0.0708 e. The van der Waals surface area contributed by atoms with Crippen molar-refractivity contribution < 1.29 is 0 Å². The quantitative estimate of drug-likeness (QED) is 0.582. The molecule has 0 atom stereocenters. The van der Waals surface area contributed by atoms with Crippen LogP contribution >= 0.6 is 0 Å². The molecule has 0 unspecified atom stereocenters. The van der Waals surface area contributed by atoms with Crippen LogP contribution in [0, 0.1) is 12.8 Å². The van der Waals surface area contributed by atoms with Crippen molar-refractivity contribution in [2.75, 3.05) is 0 Å². The van der Waals surface area contributed by atoms with E-state index in [-0.39, 0.29) is 0 Å². The summed E-state index contributed by atoms with van der Waals surface area (Å²) >= 11 is 0. The molecule has 1 heterocycles. The fourth-order valence-corrected chi connectivity index (χ4v) is 3.10. The largest absolute Gasteiger partial charge is 0.256 e. The summed E-state index contributed by atoms with van der Waals surface area (Å²) in [4.78, 5) is 4.56. The van der Waals surface area contributed by atoms with Crippen molar-refractivity contribution in [1.82, 2.24) is 4.98 Å². The van der Waals surface area contributed by atoms with Crippen LogP contribution in [0.5, 0.6) is 0 Å². The Morgan fingerprint density at radius 3 is 2.39 bits per heavy atom. The zero-order valence-corrected chi connectivity index (χ0v) is 14.1. The van der Waals surface area contributed by atoms with Gasteiger partial charge in [-0.05, 0) is 53.6 Å². The second kappa shape index (κ2) is 6.78. The molecule has 0 radical (unpaired) electrons. The lowest BCUT2D eigenvalue weighted by Crippen LogP contribution is -1.99. The van der Waals surface area contributed by atoms with Crippen LogP contribution in [0.2, 0.25) is 0 Å². The predicted octanol–water partition coefficient (Wildman–Crippen LogP) is 5.92. The Kier molecular flexibility index (Phi) is 4.57. The van der Waals surface area contributed by atoms with E-state index >= 15 is 0 Å². The number of nitrogens with zero attached hydrogens (tertiary/aromatic N) is 1. The monoisotopic (exact) mass is 301 g/mol. The lowest BCUT2D eigenvalue weighted by atomic mass is 9.90. The number of rotatable bonds is 4. The first-order valence-corrected chi connectivity index (χ1v) is 8.25. The average Bonchev–Trinajstić information content (AvgIpc) is 2.55. The molecule has 0 saturated heterocycles. The number of aryl methyl sites for hydroxylation is 1. The Morgan fingerprint density at radius 1 is 0.870 bits per heavy atom. The molecule has 0 aliphatic rings. The SMILES string of the molecule is Cc1cccc(CC(C)C)c1-c1ccnc(-c2ccccc2)c1. The van der Waals surface area contributed by atoms with E-state index in [0.29, 0.717) is 5.92 Å². The van der Waals surface area contributed by atoms with Crippen molar-refractivity contribution >= 4 is 0 Å². The summed E-state index contributed by atoms with van der Waals surface area (Å²) in [6.45, 7) is 6.74. The molecule has 0 fully saturated rings. The molecule has 0 N–H and O–H groups in total. The Bertz CT molecular complexity index is 788. The Hall–Kier alpha value is -2.41. The third-order valence-electron chi connectivity index (χ3n) is 4.11. The summed E-state index contributed by atoms with van der Waals surface area (Å²) in [5.41, 5.74) is 7.56. The Morgan fingerprint density at radius 2 is 1.65 bits per heavy atom. The summed E-state index contributed by atoms with van der Waals surface area (Å²) in [6.07, 6.45) is 3.02. The fourth-order valence-electron chi connectivity index (χ4n) is 3.10. The number of aromatic nitrogens is 1. The van der Waals surface area contributed by atoms with Gasteiger partial charge in [0.2, 0.25) is 0 Å². The highest BCUT2D eigenvalue weighted by Crippen LogP contribution is 2.31. The Labute approximate surface area is 139 Å². The molecule has 0 amide bonds. The predicted molar refractivity (Wildman–Crippen MR) is 98.4 cm³/mol. The van der Waals surface area contributed by atoms with E-state index in [2.05, 4.69) is 80.4 Å². The first kappa shape index (κ1) is 15.5. The second-order valence-electron chi connectivity index (χ2n) is 6.50. The maximum atomic E-state index is 4.56. The van der Waals surface area contributed by atoms with Crippen LogP contribution in [-0.2, 0) is 6.42 Å². The van der Waals surface area contributed by atoms with Gasteiger partial charge in [-0.1, -0.05) is 62.4 Å². The van der Waals surface area contributed by atoms with Gasteiger partial charge in [0, 0.05) is 11.8 Å². The maximum absolute atomic E-state index is 4.56. The van der Waals surface area contributed by atoms with Gasteiger partial charge < -0.3 is 0 Å². The van der Waals surface area contributed by atoms with Gasteiger partial charge in [-0.25, -0.2) is 0 Å². The zero-order chi connectivity index (χ0) is 16.2. The minimum atomic E-state index is 0.644. The zero-order valence-electron chi connectivity index (χ0n) is 14.1. The number of hydrogen-bond donors (Lipinski definition) is 0. The molecule has 0 spiro atoms. The topological polar surface area (TPSA) is 12.9 Å². The highest BCUT2D eigenvalue weighted by atomic mass is 14.7. The fraction of sp³-hybridized carbons (Fsp3) is 0.227. The summed E-state index contributed by atoms with van der Waals surface area (Å²) in [5.74, 6) is 0.644. The van der Waals surface area contributed by atoms with E-state index < -0.39 is 0 Å². The third-order valence-corrected chi connectivity index (χ3v) is 4.11. The van der Waals surface area contributed by atoms with Crippen LogP contribution in [0.4, 0.5) is 0 Å². The van der Waals surface area contributed by atoms with Crippen molar-refractivity contribution in [3.8, 4) is 22.4 Å². The van der Waals surface area contributed by atoms with E-state index in [1.54, 1.807) is 0 Å². The Balaban J connectivity index is 2.09. The molecule has 0 aliphatic heterocycles. The molecular weight excluding hydrogens is 278 g/mol. The van der Waals surface area contributed by atoms with E-state index in [1.165, 1.54) is 22.3 Å². The average molecular weight is 301 g/mol. The maximum Gasteiger partial charge on any atom is 0.0708 e. The van der Waals surface area contributed by atoms with Crippen molar-refractivity contribution in [2.45, 2.75) is 27.2 Å². The molecule has 1 nitrogen and oxygen atoms in total. The van der Waals surface area contributed by atoms with Crippen molar-refractivity contribution in [3.05, 3.63) is 78.0 Å². The molecule has 116 valence electrons. The molecular formula is C22H23N. The molecule has 0 saturated carbocycles. The summed E-state index contributed by atoms with van der Waals surface area (Å²) < 4.78 is 0. The van der Waals surface area contributed by atoms with Crippen molar-refractivity contribution in [1.29, 1.82) is 0 Å². The van der Waals surface area contributed by atoms with Gasteiger partial charge in [0.05, 0.1) is 5.69 Å². The van der Waals surface area contributed by atoms with Gasteiger partial charge in [0.1, 0.15) is 0 Å². The van der Waals surface area contributed by atoms with E-state index in [0.717, 1.165) is 17.7 Å². The second-order valence-corrected chi connectivity index (χ2v) is 6.50. The minimum absolute atomic E-state index is 0.644. The van der Waals surface area contributed by atoms with Gasteiger partial charge in [-0.3, -0.25) is 4.98 Å². The molecule has 0 bridgehead atoms. The minimum Gasteiger partial charge on any atom is -0.256 e. The molecule has 2 aromatic carbocycles. The van der Waals surface area contributed by atoms with Crippen LogP contribution < -0.4 is 0 Å². The van der Waals surface area contributed by atoms with Gasteiger partial charge in [0.25, 0.3) is 0 Å². The highest BCUT2D eigenvalue weighted by molar-refractivity contribution is 5.75. The molecule has 3 aromatic rings. The van der Waals surface area contributed by atoms with E-state index in [4.69, 9.17) is 0 Å². The standard InChI is InChI=1S/C22H23N/c1-16(2)14-19-11-7-8-17(3)22(19)20-12-13-23-21(15-20)18-9-5-4-6-10-18/h4-13,15-16H,14H2,1-3H3. The van der Waals surface area contributed by atoms with Crippen LogP contribution in [0.3, 0.4) is 0 Å². The van der Waals surface area contributed by atoms with Crippen LogP contribution in [0.25, 0.3) is 22.4 Å². The summed E-state index contributed by atoms with van der Waals surface area (Å²) in [5, 5.41) is 0. The van der Waals surface area contributed by atoms with E-state index in [1.807, 2.05) is 12.3 Å².